The lowest BCUT2D eigenvalue weighted by molar-refractivity contribution is -0.893. The van der Waals surface area contributed by atoms with Gasteiger partial charge in [0.05, 0.1) is 20.1 Å². The van der Waals surface area contributed by atoms with Crippen LogP contribution in [0.25, 0.3) is 0 Å². The third-order valence-corrected chi connectivity index (χ3v) is 7.93. The molecule has 4 rings (SSSR count). The molecule has 0 saturated carbocycles. The number of likely N-dealkylation sites (tertiary alicyclic amines) is 1. The SMILES string of the molecule is CON=C(C(=O)NC1C(=O)N2C(C(=O)O)=C(C[N+]3(C)CCCC3)CSC12)c1csc(N)n1.O.[Cl-].[Cl-].[H+]. The van der Waals surface area contributed by atoms with Gasteiger partial charge in [0.25, 0.3) is 11.8 Å². The highest BCUT2D eigenvalue weighted by Gasteiger charge is 2.55. The monoisotopic (exact) mass is 570 g/mol. The Morgan fingerprint density at radius 2 is 2.06 bits per heavy atom. The summed E-state index contributed by atoms with van der Waals surface area (Å²) >= 11 is 2.61. The van der Waals surface area contributed by atoms with Crippen molar-refractivity contribution in [3.05, 3.63) is 22.3 Å². The van der Waals surface area contributed by atoms with Gasteiger partial charge in [0.15, 0.2) is 10.8 Å². The molecule has 0 aromatic carbocycles. The zero-order chi connectivity index (χ0) is 23.0. The van der Waals surface area contributed by atoms with E-state index in [-0.39, 0.29) is 54.0 Å². The van der Waals surface area contributed by atoms with Crippen LogP contribution in [0.15, 0.2) is 21.8 Å². The maximum Gasteiger partial charge on any atom is 1.00 e. The van der Waals surface area contributed by atoms with Crippen LogP contribution in [0.2, 0.25) is 0 Å². The maximum atomic E-state index is 12.9. The van der Waals surface area contributed by atoms with Crippen LogP contribution in [0.5, 0.6) is 0 Å². The minimum atomic E-state index is -1.12. The number of aliphatic carboxylic acids is 1. The number of fused-ring (bicyclic) bond motifs is 1. The number of quaternary nitrogens is 1. The molecule has 35 heavy (non-hydrogen) atoms. The van der Waals surface area contributed by atoms with E-state index in [2.05, 4.69) is 22.5 Å². The number of carbonyl (C=O) groups is 3. The van der Waals surface area contributed by atoms with Gasteiger partial charge in [0.1, 0.15) is 36.5 Å². The van der Waals surface area contributed by atoms with Crippen molar-refractivity contribution in [3.8, 4) is 0 Å². The summed E-state index contributed by atoms with van der Waals surface area (Å²) in [4.78, 5) is 47.9. The average molecular weight is 572 g/mol. The quantitative estimate of drug-likeness (QED) is 0.125. The number of nitrogens with two attached hydrogens (primary N) is 1. The number of β-lactam (4-membered cyclic amide) rings is 1. The Labute approximate surface area is 224 Å². The van der Waals surface area contributed by atoms with Crippen LogP contribution in [0.1, 0.15) is 20.0 Å². The number of hydrogen-bond acceptors (Lipinski definition) is 9. The number of halogens is 2. The summed E-state index contributed by atoms with van der Waals surface area (Å²) < 4.78 is 0.785. The Kier molecular flexibility index (Phi) is 10.8. The molecule has 3 aliphatic rings. The molecule has 1 aromatic rings. The van der Waals surface area contributed by atoms with Gasteiger partial charge in [-0.2, -0.15) is 0 Å². The number of thiazole rings is 1. The van der Waals surface area contributed by atoms with E-state index in [1.165, 1.54) is 23.8 Å². The van der Waals surface area contributed by atoms with Crippen LogP contribution in [-0.2, 0) is 19.2 Å². The molecule has 0 bridgehead atoms. The van der Waals surface area contributed by atoms with Gasteiger partial charge < -0.3 is 55.8 Å². The second kappa shape index (κ2) is 12.2. The van der Waals surface area contributed by atoms with Gasteiger partial charge in [-0.3, -0.25) is 14.5 Å². The van der Waals surface area contributed by atoms with E-state index >= 15 is 0 Å². The summed E-state index contributed by atoms with van der Waals surface area (Å²) in [7, 11) is 3.42. The second-order valence-corrected chi connectivity index (χ2v) is 10.2. The lowest BCUT2D eigenvalue weighted by atomic mass is 10.0. The van der Waals surface area contributed by atoms with Crippen LogP contribution in [0.4, 0.5) is 5.13 Å². The Morgan fingerprint density at radius 1 is 1.40 bits per heavy atom. The van der Waals surface area contributed by atoms with E-state index in [1.54, 1.807) is 5.38 Å². The van der Waals surface area contributed by atoms with Crippen molar-refractivity contribution in [1.29, 1.82) is 0 Å². The number of rotatable bonds is 7. The highest BCUT2D eigenvalue weighted by Crippen LogP contribution is 2.41. The van der Waals surface area contributed by atoms with Gasteiger partial charge in [-0.1, -0.05) is 5.16 Å². The fourth-order valence-corrected chi connectivity index (χ4v) is 6.31. The molecule has 0 spiro atoms. The zero-order valence-corrected chi connectivity index (χ0v) is 22.1. The van der Waals surface area contributed by atoms with E-state index in [0.717, 1.165) is 47.3 Å². The van der Waals surface area contributed by atoms with Crippen molar-refractivity contribution < 1.29 is 60.5 Å². The van der Waals surface area contributed by atoms with Crippen molar-refractivity contribution in [2.45, 2.75) is 24.3 Å². The van der Waals surface area contributed by atoms with Crippen LogP contribution >= 0.6 is 23.1 Å². The van der Waals surface area contributed by atoms with E-state index in [4.69, 9.17) is 10.6 Å². The number of aromatic nitrogens is 1. The van der Waals surface area contributed by atoms with Gasteiger partial charge in [0.2, 0.25) is 0 Å². The van der Waals surface area contributed by atoms with Crippen LogP contribution < -0.4 is 35.9 Å². The summed E-state index contributed by atoms with van der Waals surface area (Å²) in [5.41, 5.74) is 6.59. The molecule has 2 unspecified atom stereocenters. The summed E-state index contributed by atoms with van der Waals surface area (Å²) in [6.45, 7) is 2.61. The fraction of sp³-hybridized carbons (Fsp3) is 0.526. The fourth-order valence-electron chi connectivity index (χ4n) is 4.42. The number of nitrogens with zero attached hydrogens (tertiary/aromatic N) is 4. The first-order chi connectivity index (χ1) is 15.2. The molecule has 3 aliphatic heterocycles. The molecule has 16 heteroatoms. The van der Waals surface area contributed by atoms with E-state index in [1.807, 2.05) is 0 Å². The molecule has 2 saturated heterocycles. The highest BCUT2D eigenvalue weighted by molar-refractivity contribution is 8.00. The third-order valence-electron chi connectivity index (χ3n) is 5.92. The minimum absolute atomic E-state index is 0. The Bertz CT molecular complexity index is 1040. The number of carboxylic acids is 1. The van der Waals surface area contributed by atoms with Crippen LogP contribution in [0.3, 0.4) is 0 Å². The number of carboxylic acid groups (broad SMARTS) is 1. The van der Waals surface area contributed by atoms with Gasteiger partial charge in [-0.05, 0) is 0 Å². The Balaban J connectivity index is 0.00000306. The van der Waals surface area contributed by atoms with E-state index in [9.17, 15) is 19.5 Å². The van der Waals surface area contributed by atoms with Gasteiger partial charge >= 0.3 is 7.40 Å². The molecule has 4 heterocycles. The van der Waals surface area contributed by atoms with Gasteiger partial charge in [-0.25, -0.2) is 9.78 Å². The van der Waals surface area contributed by atoms with Gasteiger partial charge in [0, 0.05) is 29.5 Å². The molecule has 2 amide bonds. The first-order valence-electron chi connectivity index (χ1n) is 10.1. The number of hydrogen-bond donors (Lipinski definition) is 3. The molecule has 2 atom stereocenters. The number of likely N-dealkylation sites (N-methyl/N-ethyl adjacent to an activating group) is 1. The zero-order valence-electron chi connectivity index (χ0n) is 20.0. The van der Waals surface area contributed by atoms with Crippen LogP contribution in [0, 0.1) is 0 Å². The number of carbonyl (C=O) groups excluding carboxylic acids is 2. The molecular weight excluding hydrogens is 543 g/mol. The molecule has 2 fully saturated rings. The molecule has 0 aliphatic carbocycles. The average Bonchev–Trinajstić information content (AvgIpc) is 3.37. The summed E-state index contributed by atoms with van der Waals surface area (Å²) in [5, 5.41) is 17.6. The first-order valence-corrected chi connectivity index (χ1v) is 12.0. The minimum Gasteiger partial charge on any atom is -1.00 e. The van der Waals surface area contributed by atoms with Crippen molar-refractivity contribution >= 4 is 51.7 Å². The van der Waals surface area contributed by atoms with Crippen molar-refractivity contribution in [2.24, 2.45) is 5.16 Å². The molecule has 6 N–H and O–H groups in total. The Morgan fingerprint density at radius 3 is 2.60 bits per heavy atom. The predicted molar refractivity (Wildman–Crippen MR) is 125 cm³/mol. The highest BCUT2D eigenvalue weighted by atomic mass is 35.5. The molecule has 1 aromatic heterocycles. The molecule has 0 radical (unpaired) electrons. The second-order valence-electron chi connectivity index (χ2n) is 8.24. The predicted octanol–water partition coefficient (Wildman–Crippen LogP) is -6.65. The van der Waals surface area contributed by atoms with E-state index in [0.29, 0.717) is 12.3 Å². The lowest BCUT2D eigenvalue weighted by Gasteiger charge is -2.49. The number of oxime groups is 1. The van der Waals surface area contributed by atoms with Crippen molar-refractivity contribution in [2.75, 3.05) is 45.3 Å². The smallest absolute Gasteiger partial charge is 1.00 e. The topological polar surface area (TPSA) is 179 Å². The number of amides is 2. The Hall–Kier alpha value is -2.10. The molecular formula is C19H28Cl2N6O6S2. The van der Waals surface area contributed by atoms with Gasteiger partial charge in [-0.15, -0.1) is 23.1 Å². The maximum absolute atomic E-state index is 12.9. The number of nitrogen functional groups attached to an aromatic ring is 1. The summed E-state index contributed by atoms with van der Waals surface area (Å²) in [6.07, 6.45) is 2.24. The molecule has 12 nitrogen and oxygen atoms in total. The number of thioether (sulfide) groups is 1. The number of anilines is 1. The first kappa shape index (κ1) is 30.9. The third kappa shape index (κ3) is 6.01. The largest absolute Gasteiger partial charge is 1.00 e. The lowest BCUT2D eigenvalue weighted by Crippen LogP contribution is -3.00. The number of nitrogens with one attached hydrogen (secondary N) is 1. The van der Waals surface area contributed by atoms with Crippen molar-refractivity contribution in [1.82, 2.24) is 15.2 Å². The van der Waals surface area contributed by atoms with E-state index < -0.39 is 29.2 Å². The van der Waals surface area contributed by atoms with Crippen LogP contribution in [-0.4, -0.2) is 99.4 Å². The summed E-state index contributed by atoms with van der Waals surface area (Å²) in [5.74, 6) is -1.71. The molecule has 196 valence electrons. The normalized spacial score (nSPS) is 22.6. The summed E-state index contributed by atoms with van der Waals surface area (Å²) in [6, 6.07) is -0.863. The van der Waals surface area contributed by atoms with Crippen molar-refractivity contribution in [3.63, 3.8) is 0 Å². The standard InChI is InChI=1S/C19H24N6O5S2.2ClH.H2O/c1-25(5-3-4-6-25)7-10-8-31-17-13(16(27)24(17)14(10)18(28)29)22-15(26)12(23-30-2)11-9-32-19(20)21-11;;;/h9,13,17H,3-8H2,1-2H3,(H3-,20,21,22,26,28,29);2*1H;1H2.